The van der Waals surface area contributed by atoms with Gasteiger partial charge in [-0.1, -0.05) is 42.4 Å². The molecule has 0 N–H and O–H groups in total. The fourth-order valence-electron chi connectivity index (χ4n) is 2.87. The zero-order valence-electron chi connectivity index (χ0n) is 13.2. The van der Waals surface area contributed by atoms with Gasteiger partial charge < -0.3 is 9.80 Å². The largest absolute Gasteiger partial charge is 0.338 e. The van der Waals surface area contributed by atoms with Crippen LogP contribution in [0.1, 0.15) is 13.3 Å². The van der Waals surface area contributed by atoms with E-state index in [1.54, 1.807) is 0 Å². The monoisotopic (exact) mass is 332 g/mol. The van der Waals surface area contributed by atoms with E-state index in [1.807, 2.05) is 17.8 Å². The SMILES string of the molecule is CCC(CN1c2ccccc2Sc2ccc(Cl)cc21)N(C)C. The van der Waals surface area contributed by atoms with Gasteiger partial charge in [-0.25, -0.2) is 0 Å². The van der Waals surface area contributed by atoms with Crippen LogP contribution in [0.5, 0.6) is 0 Å². The molecule has 2 aromatic carbocycles. The van der Waals surface area contributed by atoms with Crippen LogP contribution in [-0.2, 0) is 0 Å². The van der Waals surface area contributed by atoms with Crippen LogP contribution in [0.3, 0.4) is 0 Å². The van der Waals surface area contributed by atoms with Crippen molar-refractivity contribution in [3.05, 3.63) is 47.5 Å². The molecule has 0 spiro atoms. The van der Waals surface area contributed by atoms with E-state index in [4.69, 9.17) is 11.6 Å². The van der Waals surface area contributed by atoms with Crippen LogP contribution in [0.2, 0.25) is 5.02 Å². The zero-order chi connectivity index (χ0) is 15.7. The van der Waals surface area contributed by atoms with Crippen molar-refractivity contribution >= 4 is 34.7 Å². The lowest BCUT2D eigenvalue weighted by molar-refractivity contribution is 0.291. The van der Waals surface area contributed by atoms with Crippen molar-refractivity contribution < 1.29 is 0 Å². The fraction of sp³-hybridized carbons (Fsp3) is 0.333. The minimum absolute atomic E-state index is 0.503. The number of likely N-dealkylation sites (N-methyl/N-ethyl adjacent to an activating group) is 1. The number of nitrogens with zero attached hydrogens (tertiary/aromatic N) is 2. The molecule has 0 bridgehead atoms. The van der Waals surface area contributed by atoms with Gasteiger partial charge in [0, 0.05) is 27.4 Å². The Kier molecular flexibility index (Phi) is 4.67. The van der Waals surface area contributed by atoms with Gasteiger partial charge in [-0.3, -0.25) is 0 Å². The van der Waals surface area contributed by atoms with E-state index in [9.17, 15) is 0 Å². The van der Waals surface area contributed by atoms with E-state index in [-0.39, 0.29) is 0 Å². The van der Waals surface area contributed by atoms with Crippen molar-refractivity contribution in [2.75, 3.05) is 25.5 Å². The average Bonchev–Trinajstić information content (AvgIpc) is 2.51. The van der Waals surface area contributed by atoms with Crippen molar-refractivity contribution in [3.63, 3.8) is 0 Å². The summed E-state index contributed by atoms with van der Waals surface area (Å²) in [5.41, 5.74) is 2.50. The second-order valence-electron chi connectivity index (χ2n) is 5.82. The van der Waals surface area contributed by atoms with Gasteiger partial charge in [0.25, 0.3) is 0 Å². The number of rotatable bonds is 4. The van der Waals surface area contributed by atoms with Crippen molar-refractivity contribution in [2.24, 2.45) is 0 Å². The molecular weight excluding hydrogens is 312 g/mol. The van der Waals surface area contributed by atoms with Crippen LogP contribution in [0, 0.1) is 0 Å². The third-order valence-corrected chi connectivity index (χ3v) is 5.55. The Balaban J connectivity index is 2.05. The van der Waals surface area contributed by atoms with Gasteiger partial charge in [-0.15, -0.1) is 0 Å². The van der Waals surface area contributed by atoms with Gasteiger partial charge in [-0.2, -0.15) is 0 Å². The minimum atomic E-state index is 0.503. The Morgan fingerprint density at radius 1 is 1.09 bits per heavy atom. The summed E-state index contributed by atoms with van der Waals surface area (Å²) in [4.78, 5) is 7.30. The first kappa shape index (κ1) is 15.7. The zero-order valence-corrected chi connectivity index (χ0v) is 14.8. The molecular formula is C18H21ClN2S. The Labute approximate surface area is 142 Å². The molecule has 0 aliphatic carbocycles. The molecule has 0 saturated heterocycles. The molecule has 1 unspecified atom stereocenters. The molecule has 116 valence electrons. The van der Waals surface area contributed by atoms with Gasteiger partial charge in [0.1, 0.15) is 0 Å². The summed E-state index contributed by atoms with van der Waals surface area (Å²) in [6.45, 7) is 3.21. The van der Waals surface area contributed by atoms with E-state index >= 15 is 0 Å². The third-order valence-electron chi connectivity index (χ3n) is 4.18. The third kappa shape index (κ3) is 2.98. The first-order chi connectivity index (χ1) is 10.6. The molecule has 2 nitrogen and oxygen atoms in total. The highest BCUT2D eigenvalue weighted by molar-refractivity contribution is 7.99. The molecule has 1 atom stereocenters. The van der Waals surface area contributed by atoms with E-state index in [1.165, 1.54) is 21.2 Å². The lowest BCUT2D eigenvalue weighted by atomic mass is 10.1. The van der Waals surface area contributed by atoms with Crippen molar-refractivity contribution in [3.8, 4) is 0 Å². The predicted octanol–water partition coefficient (Wildman–Crippen LogP) is 5.28. The Morgan fingerprint density at radius 2 is 1.82 bits per heavy atom. The number of anilines is 2. The summed E-state index contributed by atoms with van der Waals surface area (Å²) in [6, 6.07) is 15.3. The number of halogens is 1. The summed E-state index contributed by atoms with van der Waals surface area (Å²) in [5.74, 6) is 0. The predicted molar refractivity (Wildman–Crippen MR) is 96.8 cm³/mol. The van der Waals surface area contributed by atoms with Crippen LogP contribution in [0.15, 0.2) is 52.3 Å². The van der Waals surface area contributed by atoms with E-state index in [2.05, 4.69) is 67.2 Å². The second kappa shape index (κ2) is 6.53. The van der Waals surface area contributed by atoms with Crippen molar-refractivity contribution in [2.45, 2.75) is 29.2 Å². The van der Waals surface area contributed by atoms with Crippen LogP contribution < -0.4 is 4.90 Å². The van der Waals surface area contributed by atoms with Crippen LogP contribution in [-0.4, -0.2) is 31.6 Å². The molecule has 3 rings (SSSR count). The van der Waals surface area contributed by atoms with E-state index < -0.39 is 0 Å². The maximum absolute atomic E-state index is 6.26. The van der Waals surface area contributed by atoms with Gasteiger partial charge in [0.05, 0.1) is 11.4 Å². The summed E-state index contributed by atoms with van der Waals surface area (Å²) < 4.78 is 0. The summed E-state index contributed by atoms with van der Waals surface area (Å²) in [7, 11) is 4.30. The highest BCUT2D eigenvalue weighted by Gasteiger charge is 2.25. The second-order valence-corrected chi connectivity index (χ2v) is 7.34. The van der Waals surface area contributed by atoms with Gasteiger partial charge in [0.15, 0.2) is 0 Å². The van der Waals surface area contributed by atoms with E-state index in [0.29, 0.717) is 6.04 Å². The van der Waals surface area contributed by atoms with Crippen molar-refractivity contribution in [1.82, 2.24) is 4.90 Å². The molecule has 1 heterocycles. The highest BCUT2D eigenvalue weighted by atomic mass is 35.5. The normalized spacial score (nSPS) is 14.7. The fourth-order valence-corrected chi connectivity index (χ4v) is 4.11. The molecule has 0 radical (unpaired) electrons. The summed E-state index contributed by atoms with van der Waals surface area (Å²) >= 11 is 8.08. The molecule has 4 heteroatoms. The van der Waals surface area contributed by atoms with Gasteiger partial charge >= 0.3 is 0 Å². The van der Waals surface area contributed by atoms with Gasteiger partial charge in [-0.05, 0) is 50.8 Å². The number of fused-ring (bicyclic) bond motifs is 2. The molecule has 0 saturated carbocycles. The average molecular weight is 333 g/mol. The molecule has 1 aliphatic heterocycles. The van der Waals surface area contributed by atoms with Gasteiger partial charge in [0.2, 0.25) is 0 Å². The Bertz CT molecular complexity index is 672. The van der Waals surface area contributed by atoms with Crippen molar-refractivity contribution in [1.29, 1.82) is 0 Å². The Hall–Kier alpha value is -1.16. The van der Waals surface area contributed by atoms with Crippen LogP contribution in [0.4, 0.5) is 11.4 Å². The number of hydrogen-bond donors (Lipinski definition) is 0. The first-order valence-electron chi connectivity index (χ1n) is 7.60. The highest BCUT2D eigenvalue weighted by Crippen LogP contribution is 2.48. The smallest absolute Gasteiger partial charge is 0.0568 e. The topological polar surface area (TPSA) is 6.48 Å². The van der Waals surface area contributed by atoms with Crippen LogP contribution in [0.25, 0.3) is 0 Å². The quantitative estimate of drug-likeness (QED) is 0.751. The molecule has 2 aromatic rings. The molecule has 22 heavy (non-hydrogen) atoms. The molecule has 1 aliphatic rings. The maximum atomic E-state index is 6.26. The number of hydrogen-bond acceptors (Lipinski definition) is 3. The lowest BCUT2D eigenvalue weighted by Crippen LogP contribution is -2.39. The molecule has 0 amide bonds. The van der Waals surface area contributed by atoms with Crippen LogP contribution >= 0.6 is 23.4 Å². The Morgan fingerprint density at radius 3 is 2.55 bits per heavy atom. The van der Waals surface area contributed by atoms with E-state index in [0.717, 1.165) is 18.0 Å². The number of benzene rings is 2. The summed E-state index contributed by atoms with van der Waals surface area (Å²) in [6.07, 6.45) is 1.12. The first-order valence-corrected chi connectivity index (χ1v) is 8.80. The number of para-hydroxylation sites is 1. The maximum Gasteiger partial charge on any atom is 0.0568 e. The summed E-state index contributed by atoms with van der Waals surface area (Å²) in [5, 5.41) is 0.793. The molecule has 0 fully saturated rings. The molecule has 0 aromatic heterocycles. The lowest BCUT2D eigenvalue weighted by Gasteiger charge is -2.37. The minimum Gasteiger partial charge on any atom is -0.338 e. The standard InChI is InChI=1S/C18H21ClN2S/c1-4-14(20(2)3)12-21-15-7-5-6-8-17(15)22-18-10-9-13(19)11-16(18)21/h5-11,14H,4,12H2,1-3H3.